The largest absolute Gasteiger partial charge is 0.455 e. The summed E-state index contributed by atoms with van der Waals surface area (Å²) in [4.78, 5) is 34.6. The van der Waals surface area contributed by atoms with Crippen molar-refractivity contribution in [3.05, 3.63) is 77.9 Å². The van der Waals surface area contributed by atoms with Gasteiger partial charge in [0.1, 0.15) is 29.2 Å². The summed E-state index contributed by atoms with van der Waals surface area (Å²) in [6.07, 6.45) is 5.91. The second-order valence-electron chi connectivity index (χ2n) is 9.30. The number of likely N-dealkylation sites (N-methyl/N-ethyl adjacent to an activating group) is 1. The normalized spacial score (nSPS) is 14.7. The summed E-state index contributed by atoms with van der Waals surface area (Å²) < 4.78 is 5.99. The minimum absolute atomic E-state index is 0.00458. The Bertz CT molecular complexity index is 1480. The molecular weight excluding hydrogens is 466 g/mol. The molecule has 5 rings (SSSR count). The predicted molar refractivity (Wildman–Crippen MR) is 144 cm³/mol. The van der Waals surface area contributed by atoms with Gasteiger partial charge in [-0.15, -0.1) is 0 Å². The van der Waals surface area contributed by atoms with Crippen LogP contribution in [0.4, 0.5) is 17.3 Å². The molecule has 0 unspecified atom stereocenters. The summed E-state index contributed by atoms with van der Waals surface area (Å²) in [6.45, 7) is 5.25. The van der Waals surface area contributed by atoms with Gasteiger partial charge in [0.25, 0.3) is 5.91 Å². The summed E-state index contributed by atoms with van der Waals surface area (Å²) in [5.41, 5.74) is 4.84. The summed E-state index contributed by atoms with van der Waals surface area (Å²) in [5, 5.41) is 3.35. The van der Waals surface area contributed by atoms with Gasteiger partial charge in [0.05, 0.1) is 11.7 Å². The monoisotopic (exact) mass is 495 g/mol. The highest BCUT2D eigenvalue weighted by Gasteiger charge is 2.28. The molecule has 188 valence electrons. The molecule has 1 aliphatic heterocycles. The molecule has 0 aliphatic carbocycles. The van der Waals surface area contributed by atoms with Gasteiger partial charge >= 0.3 is 0 Å². The van der Waals surface area contributed by atoms with Gasteiger partial charge in [-0.1, -0.05) is 6.08 Å². The van der Waals surface area contributed by atoms with Crippen LogP contribution < -0.4 is 15.0 Å². The van der Waals surface area contributed by atoms with Crippen LogP contribution in [-0.4, -0.2) is 57.9 Å². The first-order chi connectivity index (χ1) is 17.9. The van der Waals surface area contributed by atoms with E-state index in [4.69, 9.17) is 9.72 Å². The van der Waals surface area contributed by atoms with Gasteiger partial charge in [0.2, 0.25) is 0 Å². The first kappa shape index (κ1) is 24.3. The second-order valence-corrected chi connectivity index (χ2v) is 9.30. The number of anilines is 3. The molecule has 1 amide bonds. The number of aryl methyl sites for hydroxylation is 2. The number of nitrogens with zero attached hydrogens (tertiary/aromatic N) is 6. The number of pyridine rings is 2. The number of hydrogen-bond donors (Lipinski definition) is 1. The first-order valence-corrected chi connectivity index (χ1v) is 12.1. The maximum Gasteiger partial charge on any atom is 0.255 e. The molecule has 9 nitrogen and oxygen atoms in total. The van der Waals surface area contributed by atoms with Crippen LogP contribution in [0.1, 0.15) is 17.7 Å². The summed E-state index contributed by atoms with van der Waals surface area (Å²) in [7, 11) is 3.97. The smallest absolute Gasteiger partial charge is 0.255 e. The van der Waals surface area contributed by atoms with Crippen LogP contribution in [0.3, 0.4) is 0 Å². The molecule has 1 N–H and O–H groups in total. The van der Waals surface area contributed by atoms with Crippen LogP contribution in [0.25, 0.3) is 11.0 Å². The summed E-state index contributed by atoms with van der Waals surface area (Å²) in [5.74, 6) is 2.59. The van der Waals surface area contributed by atoms with Crippen LogP contribution in [0.15, 0.2) is 66.6 Å². The van der Waals surface area contributed by atoms with E-state index < -0.39 is 0 Å². The van der Waals surface area contributed by atoms with Gasteiger partial charge in [-0.25, -0.2) is 15.0 Å². The molecule has 4 heterocycles. The molecule has 0 spiro atoms. The maximum absolute atomic E-state index is 13.0. The molecule has 1 fully saturated rings. The van der Waals surface area contributed by atoms with E-state index in [-0.39, 0.29) is 5.91 Å². The molecule has 1 aromatic carbocycles. The average molecular weight is 496 g/mol. The van der Waals surface area contributed by atoms with E-state index in [0.29, 0.717) is 41.4 Å². The molecule has 4 aromatic rings. The molecule has 0 radical (unpaired) electrons. The van der Waals surface area contributed by atoms with Crippen molar-refractivity contribution in [2.45, 2.75) is 20.3 Å². The van der Waals surface area contributed by atoms with Crippen molar-refractivity contribution in [2.24, 2.45) is 0 Å². The molecule has 37 heavy (non-hydrogen) atoms. The minimum Gasteiger partial charge on any atom is -0.455 e. The molecule has 0 atom stereocenters. The van der Waals surface area contributed by atoms with Gasteiger partial charge < -0.3 is 15.0 Å². The SMILES string of the molecule is Cc1ccc(Oc2ccc(Nc3ncnc4ccc(N5CC/C(=C\CN(C)C)C5=O)nc34)cc2C)cn1. The van der Waals surface area contributed by atoms with Crippen LogP contribution in [0.2, 0.25) is 0 Å². The number of ether oxygens (including phenoxy) is 1. The molecule has 1 saturated heterocycles. The Labute approximate surface area is 215 Å². The lowest BCUT2D eigenvalue weighted by molar-refractivity contribution is -0.114. The molecule has 9 heteroatoms. The van der Waals surface area contributed by atoms with Crippen molar-refractivity contribution < 1.29 is 9.53 Å². The van der Waals surface area contributed by atoms with Crippen molar-refractivity contribution >= 4 is 34.3 Å². The van der Waals surface area contributed by atoms with E-state index >= 15 is 0 Å². The molecule has 0 bridgehead atoms. The number of benzene rings is 1. The molecule has 1 aliphatic rings. The quantitative estimate of drug-likeness (QED) is 0.365. The van der Waals surface area contributed by atoms with Crippen molar-refractivity contribution in [1.82, 2.24) is 24.8 Å². The Balaban J connectivity index is 1.38. The Morgan fingerprint density at radius 2 is 1.95 bits per heavy atom. The van der Waals surface area contributed by atoms with E-state index in [9.17, 15) is 4.79 Å². The fourth-order valence-electron chi connectivity index (χ4n) is 4.11. The number of carbonyl (C=O) groups is 1. The number of carbonyl (C=O) groups excluding carboxylic acids is 1. The Morgan fingerprint density at radius 1 is 1.08 bits per heavy atom. The van der Waals surface area contributed by atoms with E-state index in [1.54, 1.807) is 11.1 Å². The second kappa shape index (κ2) is 10.3. The average Bonchev–Trinajstić information content (AvgIpc) is 3.25. The fourth-order valence-corrected chi connectivity index (χ4v) is 4.11. The Kier molecular flexibility index (Phi) is 6.78. The Morgan fingerprint density at radius 3 is 2.70 bits per heavy atom. The Hall–Kier alpha value is -4.37. The van der Waals surface area contributed by atoms with Crippen LogP contribution >= 0.6 is 0 Å². The summed E-state index contributed by atoms with van der Waals surface area (Å²) in [6, 6.07) is 13.3. The fraction of sp³-hybridized carbons (Fsp3) is 0.250. The third kappa shape index (κ3) is 5.41. The first-order valence-electron chi connectivity index (χ1n) is 12.1. The highest BCUT2D eigenvalue weighted by molar-refractivity contribution is 6.08. The lowest BCUT2D eigenvalue weighted by Gasteiger charge is -2.16. The van der Waals surface area contributed by atoms with Gasteiger partial charge in [-0.2, -0.15) is 0 Å². The number of rotatable bonds is 7. The van der Waals surface area contributed by atoms with Crippen molar-refractivity contribution in [1.29, 1.82) is 0 Å². The highest BCUT2D eigenvalue weighted by Crippen LogP contribution is 2.31. The number of amides is 1. The number of fused-ring (bicyclic) bond motifs is 1. The number of hydrogen-bond acceptors (Lipinski definition) is 8. The topological polar surface area (TPSA) is 96.4 Å². The van der Waals surface area contributed by atoms with Crippen molar-refractivity contribution in [3.8, 4) is 11.5 Å². The summed E-state index contributed by atoms with van der Waals surface area (Å²) >= 11 is 0. The number of aromatic nitrogens is 4. The molecular formula is C28H29N7O2. The van der Waals surface area contributed by atoms with Crippen LogP contribution in [0, 0.1) is 13.8 Å². The minimum atomic E-state index is -0.00458. The van der Waals surface area contributed by atoms with E-state index in [2.05, 4.69) is 20.3 Å². The third-order valence-electron chi connectivity index (χ3n) is 6.12. The van der Waals surface area contributed by atoms with Gasteiger partial charge in [-0.3, -0.25) is 14.7 Å². The van der Waals surface area contributed by atoms with Gasteiger partial charge in [-0.05, 0) is 82.4 Å². The van der Waals surface area contributed by atoms with E-state index in [0.717, 1.165) is 34.8 Å². The zero-order valence-corrected chi connectivity index (χ0v) is 21.4. The maximum atomic E-state index is 13.0. The van der Waals surface area contributed by atoms with Crippen molar-refractivity contribution in [2.75, 3.05) is 37.4 Å². The van der Waals surface area contributed by atoms with Crippen molar-refractivity contribution in [3.63, 3.8) is 0 Å². The van der Waals surface area contributed by atoms with Gasteiger partial charge in [0, 0.05) is 30.0 Å². The van der Waals surface area contributed by atoms with Crippen LogP contribution in [0.5, 0.6) is 11.5 Å². The highest BCUT2D eigenvalue weighted by atomic mass is 16.5. The lowest BCUT2D eigenvalue weighted by atomic mass is 10.2. The number of nitrogens with one attached hydrogen (secondary N) is 1. The molecule has 0 saturated carbocycles. The zero-order chi connectivity index (χ0) is 25.9. The van der Waals surface area contributed by atoms with Gasteiger partial charge in [0.15, 0.2) is 5.82 Å². The van der Waals surface area contributed by atoms with Crippen LogP contribution in [-0.2, 0) is 4.79 Å². The third-order valence-corrected chi connectivity index (χ3v) is 6.12. The standard InChI is InChI=1S/C28H29N7O2/c1-18-15-21(6-9-24(18)37-22-7-5-19(2)29-16-22)32-27-26-23(30-17-31-27)8-10-25(33-26)35-14-12-20(28(35)36)11-13-34(3)4/h5-11,15-17H,12-14H2,1-4H3,(H,30,31,32)/b20-11+. The zero-order valence-electron chi connectivity index (χ0n) is 21.4. The van der Waals surface area contributed by atoms with E-state index in [1.165, 1.54) is 6.33 Å². The van der Waals surface area contributed by atoms with E-state index in [1.807, 2.05) is 81.4 Å². The molecule has 3 aromatic heterocycles. The lowest BCUT2D eigenvalue weighted by Crippen LogP contribution is -2.25. The predicted octanol–water partition coefficient (Wildman–Crippen LogP) is 4.80.